The first-order chi connectivity index (χ1) is 9.45. The Morgan fingerprint density at radius 1 is 1.20 bits per heavy atom. The monoisotopic (exact) mass is 280 g/mol. The predicted octanol–water partition coefficient (Wildman–Crippen LogP) is 4.05. The van der Waals surface area contributed by atoms with E-state index in [2.05, 4.69) is 45.0 Å². The Kier molecular flexibility index (Phi) is 5.53. The molecule has 0 amide bonds. The van der Waals surface area contributed by atoms with Gasteiger partial charge in [0, 0.05) is 18.1 Å². The van der Waals surface area contributed by atoms with Gasteiger partial charge in [0.15, 0.2) is 0 Å². The Balaban J connectivity index is 2.01. The molecule has 1 N–H and O–H groups in total. The number of likely N-dealkylation sites (N-methyl/N-ethyl adjacent to an activating group) is 1. The lowest BCUT2D eigenvalue weighted by molar-refractivity contribution is 0.0917. The highest BCUT2D eigenvalue weighted by Crippen LogP contribution is 2.41. The molecule has 4 unspecified atom stereocenters. The molecule has 0 aromatic carbocycles. The van der Waals surface area contributed by atoms with Gasteiger partial charge in [0.25, 0.3) is 0 Å². The van der Waals surface area contributed by atoms with Crippen molar-refractivity contribution in [2.45, 2.75) is 90.8 Å². The fourth-order valence-electron chi connectivity index (χ4n) is 4.56. The summed E-state index contributed by atoms with van der Waals surface area (Å²) in [7, 11) is 2.40. The second-order valence-electron chi connectivity index (χ2n) is 8.12. The van der Waals surface area contributed by atoms with Crippen molar-refractivity contribution in [1.82, 2.24) is 10.2 Å². The molecule has 118 valence electrons. The lowest BCUT2D eigenvalue weighted by Gasteiger charge is -2.42. The first-order valence-corrected chi connectivity index (χ1v) is 8.91. The highest BCUT2D eigenvalue weighted by atomic mass is 15.2. The van der Waals surface area contributed by atoms with Crippen LogP contribution in [0.5, 0.6) is 0 Å². The summed E-state index contributed by atoms with van der Waals surface area (Å²) in [4.78, 5) is 2.75. The second kappa shape index (κ2) is 6.79. The summed E-state index contributed by atoms with van der Waals surface area (Å²) in [5.41, 5.74) is 0.453. The molecular formula is C18H36N2. The maximum Gasteiger partial charge on any atom is 0.0274 e. The SMILES string of the molecule is CCCNC1C(N(C)C2CCCC(C)C2)CCC1(C)C. The van der Waals surface area contributed by atoms with Crippen molar-refractivity contribution in [3.8, 4) is 0 Å². The van der Waals surface area contributed by atoms with Gasteiger partial charge in [-0.3, -0.25) is 4.90 Å². The molecule has 2 aliphatic rings. The van der Waals surface area contributed by atoms with E-state index in [1.54, 1.807) is 0 Å². The van der Waals surface area contributed by atoms with Crippen molar-refractivity contribution in [1.29, 1.82) is 0 Å². The first-order valence-electron chi connectivity index (χ1n) is 8.91. The summed E-state index contributed by atoms with van der Waals surface area (Å²) in [6.45, 7) is 10.8. The van der Waals surface area contributed by atoms with E-state index in [0.29, 0.717) is 11.5 Å². The van der Waals surface area contributed by atoms with Gasteiger partial charge in [0.1, 0.15) is 0 Å². The Morgan fingerprint density at radius 2 is 1.95 bits per heavy atom. The van der Waals surface area contributed by atoms with E-state index in [0.717, 1.165) is 18.0 Å². The van der Waals surface area contributed by atoms with Crippen molar-refractivity contribution in [3.63, 3.8) is 0 Å². The lowest BCUT2D eigenvalue weighted by atomic mass is 9.83. The molecule has 2 heteroatoms. The topological polar surface area (TPSA) is 15.3 Å². The maximum atomic E-state index is 3.86. The molecule has 0 aliphatic heterocycles. The van der Waals surface area contributed by atoms with Gasteiger partial charge in [0.2, 0.25) is 0 Å². The quantitative estimate of drug-likeness (QED) is 0.817. The largest absolute Gasteiger partial charge is 0.312 e. The molecule has 2 aliphatic carbocycles. The zero-order valence-corrected chi connectivity index (χ0v) is 14.4. The van der Waals surface area contributed by atoms with Gasteiger partial charge in [-0.25, -0.2) is 0 Å². The van der Waals surface area contributed by atoms with E-state index < -0.39 is 0 Å². The minimum Gasteiger partial charge on any atom is -0.312 e. The van der Waals surface area contributed by atoms with Gasteiger partial charge in [-0.15, -0.1) is 0 Å². The minimum atomic E-state index is 0.453. The van der Waals surface area contributed by atoms with Gasteiger partial charge < -0.3 is 5.32 Å². The van der Waals surface area contributed by atoms with Gasteiger partial charge in [0.05, 0.1) is 0 Å². The molecule has 2 rings (SSSR count). The molecule has 20 heavy (non-hydrogen) atoms. The van der Waals surface area contributed by atoms with Crippen molar-refractivity contribution < 1.29 is 0 Å². The van der Waals surface area contributed by atoms with Gasteiger partial charge in [-0.2, -0.15) is 0 Å². The lowest BCUT2D eigenvalue weighted by Crippen LogP contribution is -2.54. The number of hydrogen-bond donors (Lipinski definition) is 1. The summed E-state index contributed by atoms with van der Waals surface area (Å²) in [6.07, 6.45) is 9.68. The molecular weight excluding hydrogens is 244 g/mol. The first kappa shape index (κ1) is 16.3. The molecule has 0 bridgehead atoms. The van der Waals surface area contributed by atoms with Crippen LogP contribution in [0.15, 0.2) is 0 Å². The standard InChI is InChI=1S/C18H36N2/c1-6-12-19-17-16(10-11-18(17,3)4)20(5)15-9-7-8-14(2)13-15/h14-17,19H,6-13H2,1-5H3. The van der Waals surface area contributed by atoms with Crippen LogP contribution in [0.2, 0.25) is 0 Å². The van der Waals surface area contributed by atoms with E-state index in [1.807, 2.05) is 0 Å². The Hall–Kier alpha value is -0.0800. The Labute approximate surface area is 126 Å². The Bertz CT molecular complexity index is 300. The smallest absolute Gasteiger partial charge is 0.0274 e. The average molecular weight is 280 g/mol. The number of hydrogen-bond acceptors (Lipinski definition) is 2. The van der Waals surface area contributed by atoms with E-state index in [1.165, 1.54) is 51.5 Å². The van der Waals surface area contributed by atoms with Gasteiger partial charge in [-0.05, 0) is 57.0 Å². The van der Waals surface area contributed by atoms with Crippen LogP contribution in [0, 0.1) is 11.3 Å². The molecule has 0 saturated heterocycles. The molecule has 0 aromatic rings. The van der Waals surface area contributed by atoms with Crippen LogP contribution in [0.1, 0.15) is 72.6 Å². The summed E-state index contributed by atoms with van der Waals surface area (Å²) in [5.74, 6) is 0.924. The Morgan fingerprint density at radius 3 is 2.60 bits per heavy atom. The summed E-state index contributed by atoms with van der Waals surface area (Å²) >= 11 is 0. The normalized spacial score (nSPS) is 37.5. The molecule has 4 atom stereocenters. The molecule has 2 saturated carbocycles. The third-order valence-corrected chi connectivity index (χ3v) is 5.93. The molecule has 0 heterocycles. The fraction of sp³-hybridized carbons (Fsp3) is 1.00. The molecule has 0 radical (unpaired) electrons. The van der Waals surface area contributed by atoms with Crippen molar-refractivity contribution >= 4 is 0 Å². The molecule has 2 fully saturated rings. The van der Waals surface area contributed by atoms with Crippen LogP contribution in [-0.2, 0) is 0 Å². The van der Waals surface area contributed by atoms with E-state index in [4.69, 9.17) is 0 Å². The number of rotatable bonds is 5. The fourth-order valence-corrected chi connectivity index (χ4v) is 4.56. The van der Waals surface area contributed by atoms with Gasteiger partial charge >= 0.3 is 0 Å². The highest BCUT2D eigenvalue weighted by Gasteiger charge is 2.44. The summed E-state index contributed by atoms with van der Waals surface area (Å²) in [6, 6.07) is 2.24. The maximum absolute atomic E-state index is 3.86. The van der Waals surface area contributed by atoms with E-state index in [9.17, 15) is 0 Å². The third-order valence-electron chi connectivity index (χ3n) is 5.93. The van der Waals surface area contributed by atoms with Crippen molar-refractivity contribution in [2.75, 3.05) is 13.6 Å². The van der Waals surface area contributed by atoms with Crippen LogP contribution < -0.4 is 5.32 Å². The number of nitrogens with one attached hydrogen (secondary N) is 1. The van der Waals surface area contributed by atoms with Crippen LogP contribution in [0.25, 0.3) is 0 Å². The molecule has 2 nitrogen and oxygen atoms in total. The van der Waals surface area contributed by atoms with E-state index in [-0.39, 0.29) is 0 Å². The van der Waals surface area contributed by atoms with Gasteiger partial charge in [-0.1, -0.05) is 40.5 Å². The van der Waals surface area contributed by atoms with Crippen molar-refractivity contribution in [3.05, 3.63) is 0 Å². The summed E-state index contributed by atoms with van der Waals surface area (Å²) < 4.78 is 0. The van der Waals surface area contributed by atoms with Crippen LogP contribution in [0.4, 0.5) is 0 Å². The molecule has 0 aromatic heterocycles. The zero-order valence-electron chi connectivity index (χ0n) is 14.4. The van der Waals surface area contributed by atoms with Crippen molar-refractivity contribution in [2.24, 2.45) is 11.3 Å². The van der Waals surface area contributed by atoms with E-state index >= 15 is 0 Å². The number of nitrogens with zero attached hydrogens (tertiary/aromatic N) is 1. The van der Waals surface area contributed by atoms with Crippen LogP contribution in [0.3, 0.4) is 0 Å². The molecule has 0 spiro atoms. The zero-order chi connectivity index (χ0) is 14.8. The predicted molar refractivity (Wildman–Crippen MR) is 88.1 cm³/mol. The second-order valence-corrected chi connectivity index (χ2v) is 8.12. The summed E-state index contributed by atoms with van der Waals surface area (Å²) in [5, 5.41) is 3.86. The van der Waals surface area contributed by atoms with Crippen LogP contribution >= 0.6 is 0 Å². The third kappa shape index (κ3) is 3.57. The van der Waals surface area contributed by atoms with Crippen LogP contribution in [-0.4, -0.2) is 36.6 Å². The highest BCUT2D eigenvalue weighted by molar-refractivity contribution is 5.01. The minimum absolute atomic E-state index is 0.453. The average Bonchev–Trinajstić information content (AvgIpc) is 2.70.